The minimum atomic E-state index is -4.72. The summed E-state index contributed by atoms with van der Waals surface area (Å²) in [7, 11) is -4.01. The van der Waals surface area contributed by atoms with Crippen molar-refractivity contribution < 1.29 is 44.3 Å². The van der Waals surface area contributed by atoms with Crippen LogP contribution in [0.4, 0.5) is 26.3 Å². The van der Waals surface area contributed by atoms with Gasteiger partial charge in [-0.15, -0.1) is 11.3 Å². The number of carbonyl (C=O) groups is 1. The molecule has 1 aliphatic rings. The van der Waals surface area contributed by atoms with Gasteiger partial charge in [-0.25, -0.2) is 8.42 Å². The molecule has 40 heavy (non-hydrogen) atoms. The quantitative estimate of drug-likeness (QED) is 0.341. The van der Waals surface area contributed by atoms with E-state index in [2.05, 4.69) is 20.0 Å². The molecule has 0 unspecified atom stereocenters. The molecule has 3 heterocycles. The highest BCUT2D eigenvalue weighted by atomic mass is 35.5. The van der Waals surface area contributed by atoms with E-state index in [0.29, 0.717) is 6.42 Å². The number of hydrogen-bond donors (Lipinski definition) is 1. The van der Waals surface area contributed by atoms with E-state index in [-0.39, 0.29) is 45.0 Å². The first-order valence-corrected chi connectivity index (χ1v) is 14.1. The molecule has 1 atom stereocenters. The van der Waals surface area contributed by atoms with Crippen molar-refractivity contribution in [3.05, 3.63) is 58.1 Å². The molecule has 0 spiro atoms. The third-order valence-electron chi connectivity index (χ3n) is 5.69. The van der Waals surface area contributed by atoms with Gasteiger partial charge in [0.15, 0.2) is 6.61 Å². The number of halogens is 7. The van der Waals surface area contributed by atoms with Crippen molar-refractivity contribution in [3.63, 3.8) is 0 Å². The number of nitrogens with one attached hydrogen (secondary N) is 1. The zero-order chi connectivity index (χ0) is 29.3. The van der Waals surface area contributed by atoms with Gasteiger partial charge >= 0.3 is 18.4 Å². The third-order valence-corrected chi connectivity index (χ3v) is 9.30. The van der Waals surface area contributed by atoms with Crippen molar-refractivity contribution in [3.8, 4) is 17.3 Å². The molecule has 1 aliphatic heterocycles. The van der Waals surface area contributed by atoms with E-state index in [1.54, 1.807) is 0 Å². The molecule has 3 aromatic rings. The number of benzene rings is 1. The summed E-state index contributed by atoms with van der Waals surface area (Å²) in [5, 5.41) is 2.52. The first-order chi connectivity index (χ1) is 18.6. The van der Waals surface area contributed by atoms with Crippen molar-refractivity contribution in [2.45, 2.75) is 42.0 Å². The second-order valence-electron chi connectivity index (χ2n) is 8.56. The molecule has 1 aromatic carbocycles. The standard InChI is InChI=1S/C23H19ClF6N4O4S2/c24-18-7-8-19(39-18)40(36,37)34-9-1-2-17(34)20(35)31-11-15-10-16(33-21(32-15)38-12-22(25,26)27)13-3-5-14(6-4-13)23(28,29)30/h3-8,10,17H,1-2,9,11-12H2,(H,31,35)/t17-/m0/s1. The maximum atomic E-state index is 13.0. The Kier molecular flexibility index (Phi) is 8.63. The van der Waals surface area contributed by atoms with Gasteiger partial charge in [-0.1, -0.05) is 23.7 Å². The first kappa shape index (κ1) is 30.0. The molecular formula is C23H19ClF6N4O4S2. The topological polar surface area (TPSA) is 101 Å². The fourth-order valence-corrected chi connectivity index (χ4v) is 7.16. The van der Waals surface area contributed by atoms with Gasteiger partial charge in [-0.3, -0.25) is 4.79 Å². The highest BCUT2D eigenvalue weighted by Gasteiger charge is 2.40. The van der Waals surface area contributed by atoms with Crippen LogP contribution in [0.15, 0.2) is 46.7 Å². The van der Waals surface area contributed by atoms with Crippen molar-refractivity contribution in [1.29, 1.82) is 0 Å². The average molecular weight is 629 g/mol. The molecule has 17 heteroatoms. The monoisotopic (exact) mass is 628 g/mol. The number of nitrogens with zero attached hydrogens (tertiary/aromatic N) is 3. The predicted octanol–water partition coefficient (Wildman–Crippen LogP) is 5.29. The largest absolute Gasteiger partial charge is 0.454 e. The van der Waals surface area contributed by atoms with E-state index in [4.69, 9.17) is 11.6 Å². The molecule has 1 saturated heterocycles. The Morgan fingerprint density at radius 2 is 1.80 bits per heavy atom. The SMILES string of the molecule is O=C(NCc1cc(-c2ccc(C(F)(F)F)cc2)nc(OCC(F)(F)F)n1)[C@@H]1CCCN1S(=O)(=O)c1ccc(Cl)s1. The minimum absolute atomic E-state index is 0.0205. The number of rotatable bonds is 8. The Bertz CT molecular complexity index is 1480. The number of hydrogen-bond acceptors (Lipinski definition) is 7. The summed E-state index contributed by atoms with van der Waals surface area (Å²) >= 11 is 6.70. The second-order valence-corrected chi connectivity index (χ2v) is 12.4. The Morgan fingerprint density at radius 1 is 1.10 bits per heavy atom. The Hall–Kier alpha value is -2.95. The summed E-state index contributed by atoms with van der Waals surface area (Å²) in [5.41, 5.74) is -0.882. The lowest BCUT2D eigenvalue weighted by atomic mass is 10.1. The van der Waals surface area contributed by atoms with Crippen LogP contribution in [0.25, 0.3) is 11.3 Å². The van der Waals surface area contributed by atoms with Crippen LogP contribution in [0.1, 0.15) is 24.1 Å². The average Bonchev–Trinajstić information content (AvgIpc) is 3.55. The number of thiophene rings is 1. The van der Waals surface area contributed by atoms with E-state index in [1.807, 2.05) is 0 Å². The van der Waals surface area contributed by atoms with E-state index < -0.39 is 52.5 Å². The molecule has 1 N–H and O–H groups in total. The van der Waals surface area contributed by atoms with Crippen molar-refractivity contribution in [2.24, 2.45) is 0 Å². The van der Waals surface area contributed by atoms with Crippen molar-refractivity contribution in [1.82, 2.24) is 19.6 Å². The smallest absolute Gasteiger partial charge is 0.422 e. The molecule has 8 nitrogen and oxygen atoms in total. The van der Waals surface area contributed by atoms with Crippen LogP contribution < -0.4 is 10.1 Å². The molecule has 4 rings (SSSR count). The molecule has 0 radical (unpaired) electrons. The van der Waals surface area contributed by atoms with Gasteiger partial charge in [0.05, 0.1) is 27.8 Å². The molecule has 1 fully saturated rings. The summed E-state index contributed by atoms with van der Waals surface area (Å²) < 4.78 is 109. The third kappa shape index (κ3) is 7.21. The molecule has 1 amide bonds. The lowest BCUT2D eigenvalue weighted by Gasteiger charge is -2.22. The van der Waals surface area contributed by atoms with E-state index >= 15 is 0 Å². The highest BCUT2D eigenvalue weighted by molar-refractivity contribution is 7.91. The molecule has 0 aliphatic carbocycles. The first-order valence-electron chi connectivity index (χ1n) is 11.4. The molecule has 0 saturated carbocycles. The van der Waals surface area contributed by atoms with Gasteiger partial charge in [-0.05, 0) is 43.2 Å². The van der Waals surface area contributed by atoms with Crippen LogP contribution in [0.5, 0.6) is 6.01 Å². The maximum Gasteiger partial charge on any atom is 0.422 e. The van der Waals surface area contributed by atoms with Gasteiger partial charge in [0, 0.05) is 12.1 Å². The van der Waals surface area contributed by atoms with Crippen molar-refractivity contribution >= 4 is 38.9 Å². The maximum absolute atomic E-state index is 13.0. The van der Waals surface area contributed by atoms with Crippen LogP contribution >= 0.6 is 22.9 Å². The van der Waals surface area contributed by atoms with Gasteiger partial charge in [0.1, 0.15) is 10.3 Å². The van der Waals surface area contributed by atoms with Crippen LogP contribution in [0, 0.1) is 0 Å². The van der Waals surface area contributed by atoms with E-state index in [1.165, 1.54) is 18.2 Å². The lowest BCUT2D eigenvalue weighted by molar-refractivity contribution is -0.154. The van der Waals surface area contributed by atoms with E-state index in [9.17, 15) is 39.6 Å². The van der Waals surface area contributed by atoms with Crippen LogP contribution in [-0.2, 0) is 27.5 Å². The van der Waals surface area contributed by atoms with E-state index in [0.717, 1.165) is 39.9 Å². The number of amides is 1. The molecule has 0 bridgehead atoms. The van der Waals surface area contributed by atoms with Gasteiger partial charge < -0.3 is 10.1 Å². The fourth-order valence-electron chi connectivity index (χ4n) is 3.89. The zero-order valence-electron chi connectivity index (χ0n) is 20.1. The molecule has 216 valence electrons. The number of carbonyl (C=O) groups excluding carboxylic acids is 1. The van der Waals surface area contributed by atoms with Crippen LogP contribution in [-0.4, -0.2) is 54.0 Å². The fraction of sp³-hybridized carbons (Fsp3) is 0.348. The summed E-state index contributed by atoms with van der Waals surface area (Å²) in [5.74, 6) is -0.670. The van der Waals surface area contributed by atoms with Gasteiger partial charge in [0.2, 0.25) is 5.91 Å². The normalized spacial score (nSPS) is 16.7. The Balaban J connectivity index is 1.54. The van der Waals surface area contributed by atoms with Gasteiger partial charge in [0.25, 0.3) is 10.0 Å². The summed E-state index contributed by atoms with van der Waals surface area (Å²) in [6.07, 6.45) is -8.67. The summed E-state index contributed by atoms with van der Waals surface area (Å²) in [6.45, 7) is -1.99. The summed E-state index contributed by atoms with van der Waals surface area (Å²) in [4.78, 5) is 20.7. The zero-order valence-corrected chi connectivity index (χ0v) is 22.5. The van der Waals surface area contributed by atoms with Crippen LogP contribution in [0.2, 0.25) is 4.34 Å². The highest BCUT2D eigenvalue weighted by Crippen LogP contribution is 2.33. The second kappa shape index (κ2) is 11.5. The molecular weight excluding hydrogens is 610 g/mol. The summed E-state index contributed by atoms with van der Waals surface area (Å²) in [6, 6.07) is 5.99. The minimum Gasteiger partial charge on any atom is -0.454 e. The predicted molar refractivity (Wildman–Crippen MR) is 132 cm³/mol. The van der Waals surface area contributed by atoms with Gasteiger partial charge in [-0.2, -0.15) is 40.6 Å². The number of sulfonamides is 1. The number of alkyl halides is 6. The number of aromatic nitrogens is 2. The van der Waals surface area contributed by atoms with Crippen LogP contribution in [0.3, 0.4) is 0 Å². The van der Waals surface area contributed by atoms with Crippen molar-refractivity contribution in [2.75, 3.05) is 13.2 Å². The number of ether oxygens (including phenoxy) is 1. The molecule has 2 aromatic heterocycles. The Morgan fingerprint density at radius 3 is 2.40 bits per heavy atom. The Labute approximate surface area is 233 Å². The lowest BCUT2D eigenvalue weighted by Crippen LogP contribution is -2.45.